The Hall–Kier alpha value is -3.01. The van der Waals surface area contributed by atoms with Gasteiger partial charge in [-0.05, 0) is 18.9 Å². The number of carbonyl (C=O) groups is 1. The number of oxime groups is 1. The molecule has 3 heterocycles. The normalized spacial score (nSPS) is 21.3. The number of piperidine rings is 1. The molecule has 3 N–H and O–H groups in total. The summed E-state index contributed by atoms with van der Waals surface area (Å²) in [7, 11) is 1.44. The van der Waals surface area contributed by atoms with E-state index in [4.69, 9.17) is 10.6 Å². The van der Waals surface area contributed by atoms with Crippen molar-refractivity contribution in [2.45, 2.75) is 31.3 Å². The Kier molecular flexibility index (Phi) is 4.50. The average molecular weight is 389 g/mol. The van der Waals surface area contributed by atoms with Gasteiger partial charge in [0, 0.05) is 31.7 Å². The number of aromatic carboxylic acids is 1. The summed E-state index contributed by atoms with van der Waals surface area (Å²) < 4.78 is 16.5. The molecule has 0 radical (unpaired) electrons. The lowest BCUT2D eigenvalue weighted by atomic mass is 10.0. The second-order valence-electron chi connectivity index (χ2n) is 7.05. The van der Waals surface area contributed by atoms with Crippen molar-refractivity contribution in [3.05, 3.63) is 33.9 Å². The predicted molar refractivity (Wildman–Crippen MR) is 100 cm³/mol. The lowest BCUT2D eigenvalue weighted by Gasteiger charge is -2.32. The molecule has 1 saturated heterocycles. The monoisotopic (exact) mass is 389 g/mol. The molecule has 1 aliphatic heterocycles. The maximum Gasteiger partial charge on any atom is 0.341 e. The maximum absolute atomic E-state index is 14.8. The zero-order chi connectivity index (χ0) is 20.0. The molecule has 1 aliphatic carbocycles. The molecule has 0 spiro atoms. The quantitative estimate of drug-likeness (QED) is 0.751. The van der Waals surface area contributed by atoms with Gasteiger partial charge < -0.3 is 25.1 Å². The summed E-state index contributed by atoms with van der Waals surface area (Å²) in [5.41, 5.74) is 5.97. The van der Waals surface area contributed by atoms with Crippen LogP contribution >= 0.6 is 0 Å². The Morgan fingerprint density at radius 3 is 2.82 bits per heavy atom. The van der Waals surface area contributed by atoms with E-state index in [1.54, 1.807) is 9.47 Å². The number of nitrogens with zero attached hydrogens (tertiary/aromatic N) is 4. The largest absolute Gasteiger partial charge is 0.477 e. The molecule has 2 fully saturated rings. The molecule has 1 saturated carbocycles. The Labute approximate surface area is 159 Å². The summed E-state index contributed by atoms with van der Waals surface area (Å²) in [4.78, 5) is 34.8. The average Bonchev–Trinajstić information content (AvgIpc) is 3.49. The van der Waals surface area contributed by atoms with E-state index in [-0.39, 0.29) is 22.8 Å². The van der Waals surface area contributed by atoms with E-state index in [0.29, 0.717) is 30.9 Å². The fourth-order valence-electron chi connectivity index (χ4n) is 3.53. The van der Waals surface area contributed by atoms with Crippen molar-refractivity contribution in [1.82, 2.24) is 9.55 Å². The lowest BCUT2D eigenvalue weighted by Crippen LogP contribution is -2.49. The highest BCUT2D eigenvalue weighted by atomic mass is 19.1. The summed E-state index contributed by atoms with van der Waals surface area (Å²) in [6.07, 6.45) is 3.53. The number of anilines is 1. The first kappa shape index (κ1) is 18.4. The highest BCUT2D eigenvalue weighted by Gasteiger charge is 2.30. The number of aromatic nitrogens is 2. The van der Waals surface area contributed by atoms with Crippen molar-refractivity contribution in [3.63, 3.8) is 0 Å². The van der Waals surface area contributed by atoms with Gasteiger partial charge in [0.2, 0.25) is 5.43 Å². The number of fused-ring (bicyclic) bond motifs is 1. The molecule has 0 amide bonds. The predicted octanol–water partition coefficient (Wildman–Crippen LogP) is 1.11. The second kappa shape index (κ2) is 6.86. The van der Waals surface area contributed by atoms with Gasteiger partial charge >= 0.3 is 5.97 Å². The summed E-state index contributed by atoms with van der Waals surface area (Å²) >= 11 is 0. The summed E-state index contributed by atoms with van der Waals surface area (Å²) in [5.74, 6) is -1.93. The zero-order valence-electron chi connectivity index (χ0n) is 15.3. The number of halogens is 1. The minimum atomic E-state index is -1.34. The van der Waals surface area contributed by atoms with Crippen LogP contribution in [0.4, 0.5) is 10.2 Å². The van der Waals surface area contributed by atoms with Crippen LogP contribution in [0.1, 0.15) is 35.7 Å². The highest BCUT2D eigenvalue weighted by Crippen LogP contribution is 2.37. The van der Waals surface area contributed by atoms with Crippen LogP contribution in [0.5, 0.6) is 0 Å². The van der Waals surface area contributed by atoms with E-state index in [0.717, 1.165) is 18.9 Å². The van der Waals surface area contributed by atoms with Crippen LogP contribution in [0, 0.1) is 5.82 Å². The Morgan fingerprint density at radius 2 is 2.21 bits per heavy atom. The number of nitrogens with two attached hydrogens (primary N) is 1. The van der Waals surface area contributed by atoms with Crippen LogP contribution in [0.25, 0.3) is 11.0 Å². The van der Waals surface area contributed by atoms with E-state index in [1.165, 1.54) is 13.3 Å². The van der Waals surface area contributed by atoms with Gasteiger partial charge in [-0.3, -0.25) is 4.79 Å². The number of hydrogen-bond donors (Lipinski definition) is 2. The van der Waals surface area contributed by atoms with Gasteiger partial charge in [0.1, 0.15) is 18.3 Å². The fraction of sp³-hybridized carbons (Fsp3) is 0.444. The molecule has 2 aliphatic rings. The molecular formula is C18H20FN5O4. The number of rotatable bonds is 4. The molecular weight excluding hydrogens is 369 g/mol. The van der Waals surface area contributed by atoms with Gasteiger partial charge in [-0.25, -0.2) is 14.2 Å². The molecule has 0 aromatic carbocycles. The first-order valence-electron chi connectivity index (χ1n) is 8.99. The van der Waals surface area contributed by atoms with Gasteiger partial charge in [-0.15, -0.1) is 0 Å². The van der Waals surface area contributed by atoms with Crippen LogP contribution in [0.2, 0.25) is 0 Å². The van der Waals surface area contributed by atoms with Crippen LogP contribution < -0.4 is 16.1 Å². The minimum absolute atomic E-state index is 0.0315. The first-order valence-corrected chi connectivity index (χ1v) is 8.99. The third-order valence-corrected chi connectivity index (χ3v) is 5.10. The lowest BCUT2D eigenvalue weighted by molar-refractivity contribution is 0.0695. The molecule has 28 heavy (non-hydrogen) atoms. The van der Waals surface area contributed by atoms with Crippen molar-refractivity contribution in [2.75, 3.05) is 25.1 Å². The number of carboxylic acids is 1. The van der Waals surface area contributed by atoms with Crippen LogP contribution in [0.15, 0.2) is 22.2 Å². The molecule has 10 heteroatoms. The molecule has 4 rings (SSSR count). The van der Waals surface area contributed by atoms with Crippen molar-refractivity contribution in [1.29, 1.82) is 0 Å². The Bertz CT molecular complexity index is 1050. The molecule has 2 aromatic heterocycles. The first-order chi connectivity index (χ1) is 13.4. The van der Waals surface area contributed by atoms with Crippen LogP contribution in [0.3, 0.4) is 0 Å². The van der Waals surface area contributed by atoms with Gasteiger partial charge in [-0.1, -0.05) is 5.16 Å². The number of hydrogen-bond acceptors (Lipinski definition) is 7. The summed E-state index contributed by atoms with van der Waals surface area (Å²) in [6, 6.07) is 0.719. The Balaban J connectivity index is 1.81. The van der Waals surface area contributed by atoms with E-state index >= 15 is 0 Å². The van der Waals surface area contributed by atoms with Crippen molar-refractivity contribution in [3.8, 4) is 0 Å². The number of pyridine rings is 2. The second-order valence-corrected chi connectivity index (χ2v) is 7.05. The van der Waals surface area contributed by atoms with Gasteiger partial charge in [-0.2, -0.15) is 0 Å². The van der Waals surface area contributed by atoms with Gasteiger partial charge in [0.15, 0.2) is 11.6 Å². The third kappa shape index (κ3) is 3.09. The molecule has 2 aromatic rings. The zero-order valence-corrected chi connectivity index (χ0v) is 15.3. The third-order valence-electron chi connectivity index (χ3n) is 5.10. The molecule has 9 nitrogen and oxygen atoms in total. The maximum atomic E-state index is 14.8. The van der Waals surface area contributed by atoms with Crippen molar-refractivity contribution < 1.29 is 19.1 Å². The van der Waals surface area contributed by atoms with E-state index in [9.17, 15) is 19.1 Å². The molecule has 148 valence electrons. The van der Waals surface area contributed by atoms with E-state index in [1.807, 2.05) is 0 Å². The molecule has 1 atom stereocenters. The summed E-state index contributed by atoms with van der Waals surface area (Å²) in [6.45, 7) is 0.755. The van der Waals surface area contributed by atoms with Crippen LogP contribution in [-0.4, -0.2) is 52.6 Å². The summed E-state index contributed by atoms with van der Waals surface area (Å²) in [5, 5.41) is 13.2. The molecule has 1 unspecified atom stereocenters. The fourth-order valence-corrected chi connectivity index (χ4v) is 3.53. The Morgan fingerprint density at radius 1 is 1.46 bits per heavy atom. The van der Waals surface area contributed by atoms with Crippen LogP contribution in [-0.2, 0) is 4.84 Å². The van der Waals surface area contributed by atoms with E-state index < -0.39 is 23.3 Å². The molecule has 0 bridgehead atoms. The van der Waals surface area contributed by atoms with Gasteiger partial charge in [0.25, 0.3) is 0 Å². The highest BCUT2D eigenvalue weighted by molar-refractivity contribution is 5.93. The van der Waals surface area contributed by atoms with Crippen molar-refractivity contribution in [2.24, 2.45) is 10.9 Å². The minimum Gasteiger partial charge on any atom is -0.477 e. The topological polar surface area (TPSA) is 123 Å². The van der Waals surface area contributed by atoms with Gasteiger partial charge in [0.05, 0.1) is 17.1 Å². The smallest absolute Gasteiger partial charge is 0.341 e. The number of carboxylic acid groups (broad SMARTS) is 1. The SMILES string of the molecule is CO/N=C1\CCN(c2nc3c(cc2F)c(=O)c(C(=O)O)cn3C2CC2)CC1N. The van der Waals surface area contributed by atoms with E-state index in [2.05, 4.69) is 10.1 Å². The standard InChI is InChI=1S/C18H20FN5O4/c1-28-22-14-4-5-23(8-13(14)20)17-12(19)6-10-15(25)11(18(26)27)7-24(9-2-3-9)16(10)21-17/h6-7,9,13H,2-5,8,20H2,1H3,(H,26,27)/b22-14+. The van der Waals surface area contributed by atoms with Crippen molar-refractivity contribution >= 4 is 28.5 Å².